The van der Waals surface area contributed by atoms with Gasteiger partial charge in [-0.05, 0) is 31.9 Å². The van der Waals surface area contributed by atoms with Gasteiger partial charge in [0.25, 0.3) is 0 Å². The van der Waals surface area contributed by atoms with E-state index in [1.54, 1.807) is 6.20 Å². The van der Waals surface area contributed by atoms with Crippen molar-refractivity contribution < 1.29 is 19.8 Å². The Hall–Kier alpha value is -2.48. The summed E-state index contributed by atoms with van der Waals surface area (Å²) in [6.45, 7) is 4.65. The number of aliphatic carboxylic acids is 2. The zero-order valence-electron chi connectivity index (χ0n) is 13.7. The Kier molecular flexibility index (Phi) is 7.84. The lowest BCUT2D eigenvalue weighted by molar-refractivity contribution is -0.143. The van der Waals surface area contributed by atoms with E-state index in [0.717, 1.165) is 31.5 Å². The molecule has 0 amide bonds. The van der Waals surface area contributed by atoms with Crippen LogP contribution in [0.25, 0.3) is 0 Å². The van der Waals surface area contributed by atoms with Crippen LogP contribution in [0, 0.1) is 0 Å². The van der Waals surface area contributed by atoms with Crippen LogP contribution in [0.3, 0.4) is 0 Å². The maximum Gasteiger partial charge on any atom is 0.345 e. The molecule has 8 nitrogen and oxygen atoms in total. The average molecular weight is 337 g/mol. The standard InChI is InChI=1S/C12H17N3O.C4H6O4/c1-3-6-15(2)10-4-5-11-9(7-10)8-13-12(16)14-11;5-3(6)1-2-4(7)8/h3,8,10H,1,4-7H2,2H3,(H,13,14,16);1-2H2,(H,5,6)(H,7,8). The van der Waals surface area contributed by atoms with E-state index < -0.39 is 11.9 Å². The molecule has 132 valence electrons. The molecule has 0 radical (unpaired) electrons. The number of nitrogens with zero attached hydrogens (tertiary/aromatic N) is 2. The minimum absolute atomic E-state index is 0.239. The Balaban J connectivity index is 0.000000307. The molecule has 2 rings (SSSR count). The maximum absolute atomic E-state index is 11.1. The molecule has 0 saturated heterocycles. The molecular formula is C16H23N3O5. The van der Waals surface area contributed by atoms with Crippen molar-refractivity contribution in [2.45, 2.75) is 38.1 Å². The first-order valence-electron chi connectivity index (χ1n) is 7.65. The summed E-state index contributed by atoms with van der Waals surface area (Å²) < 4.78 is 0. The average Bonchev–Trinajstić information content (AvgIpc) is 2.53. The minimum atomic E-state index is -1.08. The van der Waals surface area contributed by atoms with E-state index in [2.05, 4.69) is 28.5 Å². The summed E-state index contributed by atoms with van der Waals surface area (Å²) in [5.41, 5.74) is 1.99. The number of rotatable bonds is 6. The number of nitrogens with one attached hydrogen (secondary N) is 1. The number of hydrogen-bond acceptors (Lipinski definition) is 5. The van der Waals surface area contributed by atoms with Crippen molar-refractivity contribution in [2.24, 2.45) is 0 Å². The number of aryl methyl sites for hydroxylation is 1. The molecule has 1 aromatic heterocycles. The highest BCUT2D eigenvalue weighted by Crippen LogP contribution is 2.20. The van der Waals surface area contributed by atoms with E-state index in [-0.39, 0.29) is 18.5 Å². The second kappa shape index (κ2) is 9.61. The summed E-state index contributed by atoms with van der Waals surface area (Å²) in [5.74, 6) is -2.15. The van der Waals surface area contributed by atoms with Crippen molar-refractivity contribution in [1.29, 1.82) is 0 Å². The second-order valence-corrected chi connectivity index (χ2v) is 5.60. The van der Waals surface area contributed by atoms with Gasteiger partial charge in [-0.1, -0.05) is 6.08 Å². The van der Waals surface area contributed by atoms with Gasteiger partial charge in [-0.3, -0.25) is 14.5 Å². The van der Waals surface area contributed by atoms with Crippen molar-refractivity contribution >= 4 is 11.9 Å². The molecule has 0 saturated carbocycles. The number of likely N-dealkylation sites (N-methyl/N-ethyl adjacent to an activating group) is 1. The van der Waals surface area contributed by atoms with Gasteiger partial charge in [0.2, 0.25) is 0 Å². The SMILES string of the molecule is C=CCN(C)C1CCc2[nH]c(=O)ncc2C1.O=C(O)CCC(=O)O. The summed E-state index contributed by atoms with van der Waals surface area (Å²) in [4.78, 5) is 39.2. The quantitative estimate of drug-likeness (QED) is 0.652. The fourth-order valence-electron chi connectivity index (χ4n) is 2.46. The van der Waals surface area contributed by atoms with Crippen LogP contribution in [0.4, 0.5) is 0 Å². The number of carboxylic acids is 2. The molecule has 1 unspecified atom stereocenters. The zero-order valence-corrected chi connectivity index (χ0v) is 13.7. The molecule has 24 heavy (non-hydrogen) atoms. The normalized spacial score (nSPS) is 15.8. The van der Waals surface area contributed by atoms with Crippen LogP contribution >= 0.6 is 0 Å². The van der Waals surface area contributed by atoms with E-state index >= 15 is 0 Å². The minimum Gasteiger partial charge on any atom is -0.481 e. The molecule has 0 spiro atoms. The van der Waals surface area contributed by atoms with Crippen LogP contribution < -0.4 is 5.69 Å². The first kappa shape index (κ1) is 19.6. The van der Waals surface area contributed by atoms with E-state index in [0.29, 0.717) is 6.04 Å². The van der Waals surface area contributed by atoms with Crippen LogP contribution in [-0.2, 0) is 22.4 Å². The predicted molar refractivity (Wildman–Crippen MR) is 88.0 cm³/mol. The first-order chi connectivity index (χ1) is 11.3. The van der Waals surface area contributed by atoms with Gasteiger partial charge in [0, 0.05) is 24.5 Å². The molecule has 8 heteroatoms. The van der Waals surface area contributed by atoms with Crippen LogP contribution in [0.1, 0.15) is 30.5 Å². The fourth-order valence-corrected chi connectivity index (χ4v) is 2.46. The van der Waals surface area contributed by atoms with Gasteiger partial charge in [0.05, 0.1) is 12.8 Å². The molecule has 1 aliphatic carbocycles. The van der Waals surface area contributed by atoms with Crippen molar-refractivity contribution in [3.05, 3.63) is 40.6 Å². The predicted octanol–water partition coefficient (Wildman–Crippen LogP) is 0.681. The van der Waals surface area contributed by atoms with Crippen molar-refractivity contribution in [3.63, 3.8) is 0 Å². The number of carbonyl (C=O) groups is 2. The lowest BCUT2D eigenvalue weighted by Crippen LogP contribution is -2.37. The number of aromatic amines is 1. The van der Waals surface area contributed by atoms with Crippen molar-refractivity contribution in [3.8, 4) is 0 Å². The number of fused-ring (bicyclic) bond motifs is 1. The van der Waals surface area contributed by atoms with Gasteiger partial charge in [0.15, 0.2) is 0 Å². The van der Waals surface area contributed by atoms with Gasteiger partial charge in [-0.15, -0.1) is 6.58 Å². The smallest absolute Gasteiger partial charge is 0.345 e. The number of H-pyrrole nitrogens is 1. The number of aromatic nitrogens is 2. The molecular weight excluding hydrogens is 314 g/mol. The molecule has 1 aliphatic rings. The van der Waals surface area contributed by atoms with Gasteiger partial charge in [-0.25, -0.2) is 9.78 Å². The van der Waals surface area contributed by atoms with Crippen LogP contribution in [0.5, 0.6) is 0 Å². The van der Waals surface area contributed by atoms with E-state index in [1.165, 1.54) is 5.56 Å². The molecule has 1 heterocycles. The number of hydrogen-bond donors (Lipinski definition) is 3. The summed E-state index contributed by atoms with van der Waals surface area (Å²) in [7, 11) is 2.11. The molecule has 0 bridgehead atoms. The Morgan fingerprint density at radius 2 is 2.04 bits per heavy atom. The summed E-state index contributed by atoms with van der Waals surface area (Å²) >= 11 is 0. The van der Waals surface area contributed by atoms with Crippen LogP contribution in [0.15, 0.2) is 23.6 Å². The van der Waals surface area contributed by atoms with Crippen molar-refractivity contribution in [2.75, 3.05) is 13.6 Å². The van der Waals surface area contributed by atoms with Gasteiger partial charge in [-0.2, -0.15) is 0 Å². The summed E-state index contributed by atoms with van der Waals surface area (Å²) in [5, 5.41) is 15.8. The van der Waals surface area contributed by atoms with Gasteiger partial charge in [0.1, 0.15) is 0 Å². The fraction of sp³-hybridized carbons (Fsp3) is 0.500. The third-order valence-corrected chi connectivity index (χ3v) is 3.76. The Bertz CT molecular complexity index is 627. The summed E-state index contributed by atoms with van der Waals surface area (Å²) in [6, 6.07) is 0.526. The van der Waals surface area contributed by atoms with Crippen molar-refractivity contribution in [1.82, 2.24) is 14.9 Å². The monoisotopic (exact) mass is 337 g/mol. The third-order valence-electron chi connectivity index (χ3n) is 3.76. The molecule has 1 atom stereocenters. The van der Waals surface area contributed by atoms with E-state index in [1.807, 2.05) is 6.08 Å². The highest BCUT2D eigenvalue weighted by atomic mass is 16.4. The molecule has 0 aromatic carbocycles. The zero-order chi connectivity index (χ0) is 18.1. The lowest BCUT2D eigenvalue weighted by Gasteiger charge is -2.31. The van der Waals surface area contributed by atoms with Gasteiger partial charge < -0.3 is 15.2 Å². The molecule has 0 aliphatic heterocycles. The molecule has 1 aromatic rings. The Morgan fingerprint density at radius 3 is 2.58 bits per heavy atom. The third kappa shape index (κ3) is 6.74. The van der Waals surface area contributed by atoms with E-state index in [9.17, 15) is 14.4 Å². The van der Waals surface area contributed by atoms with Crippen LogP contribution in [0.2, 0.25) is 0 Å². The Morgan fingerprint density at radius 1 is 1.42 bits per heavy atom. The topological polar surface area (TPSA) is 124 Å². The molecule has 0 fully saturated rings. The van der Waals surface area contributed by atoms with Gasteiger partial charge >= 0.3 is 17.6 Å². The maximum atomic E-state index is 11.1. The van der Waals surface area contributed by atoms with Crippen LogP contribution in [-0.4, -0.2) is 56.7 Å². The summed E-state index contributed by atoms with van der Waals surface area (Å²) in [6.07, 6.45) is 6.01. The lowest BCUT2D eigenvalue weighted by atomic mass is 9.92. The largest absolute Gasteiger partial charge is 0.481 e. The first-order valence-corrected chi connectivity index (χ1v) is 7.65. The van der Waals surface area contributed by atoms with E-state index in [4.69, 9.17) is 10.2 Å². The second-order valence-electron chi connectivity index (χ2n) is 5.60. The highest BCUT2D eigenvalue weighted by molar-refractivity contribution is 5.75. The number of carboxylic acid groups (broad SMARTS) is 2. The molecule has 3 N–H and O–H groups in total. The Labute approximate surface area is 139 Å². The highest BCUT2D eigenvalue weighted by Gasteiger charge is 2.22.